The molecule has 5 rings (SSSR count). The Kier molecular flexibility index (Phi) is 10.3. The molecule has 0 aromatic heterocycles. The number of nitrogens with zero attached hydrogens (tertiary/aromatic N) is 1. The molecule has 0 unspecified atom stereocenters. The number of piperazine rings is 1. The van der Waals surface area contributed by atoms with Gasteiger partial charge in [-0.25, -0.2) is 17.2 Å². The highest BCUT2D eigenvalue weighted by Gasteiger charge is 2.33. The number of rotatable bonds is 11. The molecule has 2 atom stereocenters. The lowest BCUT2D eigenvalue weighted by atomic mass is 10.00. The molecular weight excluding hydrogens is 606 g/mol. The van der Waals surface area contributed by atoms with E-state index < -0.39 is 39.6 Å². The van der Waals surface area contributed by atoms with E-state index in [4.69, 9.17) is 11.6 Å². The summed E-state index contributed by atoms with van der Waals surface area (Å²) in [5.41, 5.74) is 1.87. The van der Waals surface area contributed by atoms with Crippen molar-refractivity contribution in [3.8, 4) is 0 Å². The van der Waals surface area contributed by atoms with Crippen molar-refractivity contribution in [1.82, 2.24) is 9.62 Å². The monoisotopic (exact) mass is 638 g/mol. The molecule has 1 fully saturated rings. The first-order valence-electron chi connectivity index (χ1n) is 14.3. The van der Waals surface area contributed by atoms with Crippen molar-refractivity contribution in [2.24, 2.45) is 0 Å². The van der Waals surface area contributed by atoms with E-state index in [1.807, 2.05) is 0 Å². The summed E-state index contributed by atoms with van der Waals surface area (Å²) in [5.74, 6) is -1.39. The minimum atomic E-state index is -3.74. The number of carbonyl (C=O) groups excluding carboxylic acids is 1. The Bertz CT molecular complexity index is 1690. The van der Waals surface area contributed by atoms with Crippen LogP contribution in [0.3, 0.4) is 0 Å². The lowest BCUT2D eigenvalue weighted by Crippen LogP contribution is -2.53. The van der Waals surface area contributed by atoms with Gasteiger partial charge in [0, 0.05) is 54.1 Å². The van der Waals surface area contributed by atoms with Gasteiger partial charge in [0.1, 0.15) is 17.7 Å². The zero-order chi connectivity index (χ0) is 31.1. The van der Waals surface area contributed by atoms with Gasteiger partial charge in [0.05, 0.1) is 4.90 Å². The number of halogens is 3. The van der Waals surface area contributed by atoms with Crippen LogP contribution in [0.4, 0.5) is 20.2 Å². The topological polar surface area (TPSA) is 90.5 Å². The van der Waals surface area contributed by atoms with Crippen molar-refractivity contribution in [2.45, 2.75) is 36.2 Å². The smallest absolute Gasteiger partial charge is 0.247 e. The molecule has 0 aliphatic carbocycles. The first-order chi connectivity index (χ1) is 21.2. The minimum Gasteiger partial charge on any atom is -0.373 e. The number of nitrogens with one attached hydrogen (secondary N) is 3. The second kappa shape index (κ2) is 14.3. The van der Waals surface area contributed by atoms with E-state index in [9.17, 15) is 17.6 Å². The zero-order valence-corrected chi connectivity index (χ0v) is 25.4. The summed E-state index contributed by atoms with van der Waals surface area (Å²) < 4.78 is 57.6. The predicted molar refractivity (Wildman–Crippen MR) is 169 cm³/mol. The summed E-state index contributed by atoms with van der Waals surface area (Å²) in [6, 6.07) is 24.3. The summed E-state index contributed by atoms with van der Waals surface area (Å²) >= 11 is 6.06. The second-order valence-corrected chi connectivity index (χ2v) is 12.9. The number of sulfonamides is 1. The quantitative estimate of drug-likeness (QED) is 0.191. The molecule has 0 saturated carbocycles. The average Bonchev–Trinajstić information content (AvgIpc) is 3.02. The molecule has 44 heavy (non-hydrogen) atoms. The lowest BCUT2D eigenvalue weighted by Gasteiger charge is -2.35. The van der Waals surface area contributed by atoms with Crippen molar-refractivity contribution >= 4 is 38.9 Å². The maximum absolute atomic E-state index is 15.4. The van der Waals surface area contributed by atoms with Crippen molar-refractivity contribution in [3.05, 3.63) is 125 Å². The second-order valence-electron chi connectivity index (χ2n) is 10.6. The molecule has 7 nitrogen and oxygen atoms in total. The molecule has 230 valence electrons. The maximum atomic E-state index is 15.4. The molecule has 1 heterocycles. The SMILES string of the molecule is O=C(Nc1cccc(F)c1)[C@H](Cc1ccc(Cl)cc1)Nc1cccc(F)c1CC[C@H]1CNCCN1S(=O)(=O)c1ccccc1. The number of benzene rings is 4. The third-order valence-corrected chi connectivity index (χ3v) is 9.80. The van der Waals surface area contributed by atoms with Crippen LogP contribution in [0.25, 0.3) is 0 Å². The van der Waals surface area contributed by atoms with Crippen molar-refractivity contribution in [1.29, 1.82) is 0 Å². The number of hydrogen-bond donors (Lipinski definition) is 3. The molecule has 1 aliphatic heterocycles. The molecule has 4 aromatic rings. The Morgan fingerprint density at radius 2 is 1.73 bits per heavy atom. The highest BCUT2D eigenvalue weighted by molar-refractivity contribution is 7.89. The van der Waals surface area contributed by atoms with Gasteiger partial charge in [-0.1, -0.05) is 54.1 Å². The van der Waals surface area contributed by atoms with Gasteiger partial charge >= 0.3 is 0 Å². The van der Waals surface area contributed by atoms with E-state index in [-0.39, 0.29) is 17.7 Å². The summed E-state index contributed by atoms with van der Waals surface area (Å²) in [6.07, 6.45) is 0.817. The molecule has 1 aliphatic rings. The van der Waals surface area contributed by atoms with Gasteiger partial charge < -0.3 is 16.0 Å². The largest absolute Gasteiger partial charge is 0.373 e. The Labute approximate surface area is 261 Å². The standard InChI is InChI=1S/C33H33ClF2N4O3S/c34-24-14-12-23(13-15-24)20-32(33(41)38-26-7-4-6-25(35)21-26)39-31-11-5-10-30(36)29(31)17-16-27-22-37-18-19-40(27)44(42,43)28-8-2-1-3-9-28/h1-15,21,27,32,37,39H,16-20,22H2,(H,38,41)/t27-,32-/m0/s1. The average molecular weight is 639 g/mol. The molecule has 4 aromatic carbocycles. The van der Waals surface area contributed by atoms with E-state index in [2.05, 4.69) is 16.0 Å². The Morgan fingerprint density at radius 1 is 0.977 bits per heavy atom. The van der Waals surface area contributed by atoms with Gasteiger partial charge in [0.25, 0.3) is 0 Å². The third kappa shape index (κ3) is 7.81. The molecule has 3 N–H and O–H groups in total. The summed E-state index contributed by atoms with van der Waals surface area (Å²) in [7, 11) is -3.74. The van der Waals surface area contributed by atoms with Crippen molar-refractivity contribution < 1.29 is 22.0 Å². The van der Waals surface area contributed by atoms with E-state index in [0.29, 0.717) is 48.0 Å². The molecular formula is C33H33ClF2N4O3S. The first-order valence-corrected chi connectivity index (χ1v) is 16.1. The van der Waals surface area contributed by atoms with Gasteiger partial charge in [-0.3, -0.25) is 4.79 Å². The molecule has 1 saturated heterocycles. The van der Waals surface area contributed by atoms with Crippen LogP contribution in [-0.2, 0) is 27.7 Å². The van der Waals surface area contributed by atoms with Gasteiger partial charge in [-0.2, -0.15) is 4.31 Å². The Morgan fingerprint density at radius 3 is 2.48 bits per heavy atom. The third-order valence-electron chi connectivity index (χ3n) is 7.58. The summed E-state index contributed by atoms with van der Waals surface area (Å²) in [6.45, 7) is 1.24. The van der Waals surface area contributed by atoms with Crippen LogP contribution in [0.15, 0.2) is 102 Å². The molecule has 0 radical (unpaired) electrons. The normalized spacial score (nSPS) is 16.3. The lowest BCUT2D eigenvalue weighted by molar-refractivity contribution is -0.116. The fraction of sp³-hybridized carbons (Fsp3) is 0.242. The summed E-state index contributed by atoms with van der Waals surface area (Å²) in [4.78, 5) is 13.7. The van der Waals surface area contributed by atoms with Gasteiger partial charge in [0.2, 0.25) is 15.9 Å². The van der Waals surface area contributed by atoms with Crippen LogP contribution in [0.2, 0.25) is 5.02 Å². The molecule has 0 bridgehead atoms. The first kappa shape index (κ1) is 31.6. The number of carbonyl (C=O) groups is 1. The highest BCUT2D eigenvalue weighted by Crippen LogP contribution is 2.27. The van der Waals surface area contributed by atoms with Gasteiger partial charge in [-0.15, -0.1) is 0 Å². The van der Waals surface area contributed by atoms with Crippen LogP contribution in [0, 0.1) is 11.6 Å². The number of anilines is 2. The van der Waals surface area contributed by atoms with Crippen LogP contribution < -0.4 is 16.0 Å². The van der Waals surface area contributed by atoms with E-state index >= 15 is 4.39 Å². The minimum absolute atomic E-state index is 0.217. The molecule has 1 amide bonds. The molecule has 11 heteroatoms. The number of hydrogen-bond acceptors (Lipinski definition) is 5. The van der Waals surface area contributed by atoms with Crippen molar-refractivity contribution in [2.75, 3.05) is 30.3 Å². The fourth-order valence-corrected chi connectivity index (χ4v) is 7.14. The zero-order valence-electron chi connectivity index (χ0n) is 23.8. The van der Waals surface area contributed by atoms with E-state index in [1.54, 1.807) is 72.8 Å². The Balaban J connectivity index is 1.38. The maximum Gasteiger partial charge on any atom is 0.247 e. The van der Waals surface area contributed by atoms with Crippen LogP contribution in [-0.4, -0.2) is 50.3 Å². The number of amides is 1. The predicted octanol–water partition coefficient (Wildman–Crippen LogP) is 5.88. The van der Waals surface area contributed by atoms with Gasteiger partial charge in [-0.05, 0) is 73.0 Å². The van der Waals surface area contributed by atoms with Crippen LogP contribution in [0.1, 0.15) is 17.5 Å². The van der Waals surface area contributed by atoms with Gasteiger partial charge in [0.15, 0.2) is 0 Å². The Hall–Kier alpha value is -3.83. The van der Waals surface area contributed by atoms with Crippen LogP contribution >= 0.6 is 11.6 Å². The van der Waals surface area contributed by atoms with E-state index in [0.717, 1.165) is 5.56 Å². The summed E-state index contributed by atoms with van der Waals surface area (Å²) in [5, 5.41) is 9.77. The van der Waals surface area contributed by atoms with Crippen molar-refractivity contribution in [3.63, 3.8) is 0 Å². The molecule has 0 spiro atoms. The highest BCUT2D eigenvalue weighted by atomic mass is 35.5. The fourth-order valence-electron chi connectivity index (χ4n) is 5.34. The van der Waals surface area contributed by atoms with E-state index in [1.165, 1.54) is 28.6 Å². The van der Waals surface area contributed by atoms with Crippen LogP contribution in [0.5, 0.6) is 0 Å².